The van der Waals surface area contributed by atoms with Gasteiger partial charge in [-0.05, 0) is 24.2 Å². The summed E-state index contributed by atoms with van der Waals surface area (Å²) < 4.78 is 0. The zero-order chi connectivity index (χ0) is 10.2. The minimum Gasteiger partial charge on any atom is -0.481 e. The fourth-order valence-electron chi connectivity index (χ4n) is 2.43. The Hall–Kier alpha value is -0.570. The van der Waals surface area contributed by atoms with Crippen molar-refractivity contribution in [3.05, 3.63) is 0 Å². The molecule has 3 heteroatoms. The molecule has 0 bridgehead atoms. The van der Waals surface area contributed by atoms with Crippen molar-refractivity contribution in [1.29, 1.82) is 0 Å². The fourth-order valence-corrected chi connectivity index (χ4v) is 2.43. The summed E-state index contributed by atoms with van der Waals surface area (Å²) in [5, 5.41) is 18.6. The van der Waals surface area contributed by atoms with Crippen LogP contribution in [-0.2, 0) is 4.79 Å². The lowest BCUT2D eigenvalue weighted by Crippen LogP contribution is -2.45. The molecule has 0 amide bonds. The maximum atomic E-state index is 11.0. The first-order chi connectivity index (χ1) is 5.86. The lowest BCUT2D eigenvalue weighted by Gasteiger charge is -2.42. The Bertz CT molecular complexity index is 210. The molecule has 1 aliphatic carbocycles. The van der Waals surface area contributed by atoms with Gasteiger partial charge in [0.25, 0.3) is 0 Å². The summed E-state index contributed by atoms with van der Waals surface area (Å²) in [6.45, 7) is 5.76. The second-order valence-corrected chi connectivity index (χ2v) is 4.77. The van der Waals surface area contributed by atoms with Gasteiger partial charge in [0.1, 0.15) is 0 Å². The van der Waals surface area contributed by atoms with Crippen LogP contribution >= 0.6 is 0 Å². The Balaban J connectivity index is 2.88. The molecular formula is C10H18O3. The molecule has 1 fully saturated rings. The maximum Gasteiger partial charge on any atom is 0.307 e. The predicted octanol–water partition coefficient (Wildman–Crippen LogP) is 1.50. The van der Waals surface area contributed by atoms with Crippen molar-refractivity contribution in [2.45, 2.75) is 39.7 Å². The number of rotatable bonds is 1. The van der Waals surface area contributed by atoms with Crippen LogP contribution in [0.2, 0.25) is 0 Å². The van der Waals surface area contributed by atoms with Crippen molar-refractivity contribution in [1.82, 2.24) is 0 Å². The predicted molar refractivity (Wildman–Crippen MR) is 49.3 cm³/mol. The number of carbonyl (C=O) groups is 1. The first kappa shape index (κ1) is 10.5. The Kier molecular flexibility index (Phi) is 2.66. The molecular weight excluding hydrogens is 168 g/mol. The van der Waals surface area contributed by atoms with E-state index < -0.39 is 18.0 Å². The molecule has 0 saturated heterocycles. The molecule has 0 spiro atoms. The van der Waals surface area contributed by atoms with Gasteiger partial charge in [0.05, 0.1) is 12.0 Å². The van der Waals surface area contributed by atoms with E-state index in [-0.39, 0.29) is 11.3 Å². The molecule has 0 heterocycles. The minimum atomic E-state index is -0.781. The molecule has 0 aromatic heterocycles. The second kappa shape index (κ2) is 3.29. The Morgan fingerprint density at radius 3 is 2.38 bits per heavy atom. The van der Waals surface area contributed by atoms with Crippen LogP contribution in [0.15, 0.2) is 0 Å². The van der Waals surface area contributed by atoms with E-state index in [2.05, 4.69) is 0 Å². The van der Waals surface area contributed by atoms with Crippen LogP contribution in [0.25, 0.3) is 0 Å². The van der Waals surface area contributed by atoms with Gasteiger partial charge in [-0.15, -0.1) is 0 Å². The molecule has 1 saturated carbocycles. The Labute approximate surface area is 78.8 Å². The second-order valence-electron chi connectivity index (χ2n) is 4.77. The molecule has 0 aromatic carbocycles. The van der Waals surface area contributed by atoms with Gasteiger partial charge in [-0.3, -0.25) is 4.79 Å². The van der Waals surface area contributed by atoms with Crippen LogP contribution in [0, 0.1) is 17.3 Å². The van der Waals surface area contributed by atoms with Crippen molar-refractivity contribution in [3.63, 3.8) is 0 Å². The summed E-state index contributed by atoms with van der Waals surface area (Å²) in [4.78, 5) is 11.0. The van der Waals surface area contributed by atoms with Crippen LogP contribution in [0.5, 0.6) is 0 Å². The number of hydrogen-bond donors (Lipinski definition) is 2. The smallest absolute Gasteiger partial charge is 0.307 e. The maximum absolute atomic E-state index is 11.0. The monoisotopic (exact) mass is 186 g/mol. The molecule has 3 nitrogen and oxygen atoms in total. The summed E-state index contributed by atoms with van der Waals surface area (Å²) in [5.41, 5.74) is -0.190. The third-order valence-corrected chi connectivity index (χ3v) is 3.33. The van der Waals surface area contributed by atoms with Gasteiger partial charge in [0.2, 0.25) is 0 Å². The number of aliphatic carboxylic acids is 1. The highest BCUT2D eigenvalue weighted by atomic mass is 16.4. The van der Waals surface area contributed by atoms with Gasteiger partial charge in [0.15, 0.2) is 0 Å². The number of carboxylic acid groups (broad SMARTS) is 1. The molecule has 13 heavy (non-hydrogen) atoms. The molecule has 1 unspecified atom stereocenters. The molecule has 0 radical (unpaired) electrons. The van der Waals surface area contributed by atoms with Crippen LogP contribution in [0.4, 0.5) is 0 Å². The number of aliphatic hydroxyl groups is 1. The lowest BCUT2D eigenvalue weighted by molar-refractivity contribution is -0.155. The van der Waals surface area contributed by atoms with Gasteiger partial charge < -0.3 is 10.2 Å². The van der Waals surface area contributed by atoms with Gasteiger partial charge in [0, 0.05) is 0 Å². The standard InChI is InChI=1S/C10H18O3/c1-6-7(11)4-5-10(2,3)8(6)9(12)13/h6-8,11H,4-5H2,1-3H3,(H,12,13)/t6-,7?,8-/m1/s1. The van der Waals surface area contributed by atoms with Gasteiger partial charge in [-0.1, -0.05) is 20.8 Å². The van der Waals surface area contributed by atoms with Crippen LogP contribution in [0.3, 0.4) is 0 Å². The Morgan fingerprint density at radius 2 is 2.00 bits per heavy atom. The molecule has 0 aromatic rings. The molecule has 76 valence electrons. The van der Waals surface area contributed by atoms with E-state index in [1.54, 1.807) is 0 Å². The summed E-state index contributed by atoms with van der Waals surface area (Å²) in [6.07, 6.45) is 1.06. The van der Waals surface area contributed by atoms with E-state index in [0.29, 0.717) is 0 Å². The third-order valence-electron chi connectivity index (χ3n) is 3.33. The molecule has 1 rings (SSSR count). The quantitative estimate of drug-likeness (QED) is 0.652. The zero-order valence-corrected chi connectivity index (χ0v) is 8.45. The van der Waals surface area contributed by atoms with Crippen molar-refractivity contribution >= 4 is 5.97 Å². The summed E-state index contributed by atoms with van der Waals surface area (Å²) >= 11 is 0. The average Bonchev–Trinajstić information content (AvgIpc) is 1.96. The normalized spacial score (nSPS) is 38.6. The van der Waals surface area contributed by atoms with Crippen molar-refractivity contribution in [2.24, 2.45) is 17.3 Å². The zero-order valence-electron chi connectivity index (χ0n) is 8.45. The van der Waals surface area contributed by atoms with Crippen molar-refractivity contribution in [2.75, 3.05) is 0 Å². The molecule has 2 N–H and O–H groups in total. The lowest BCUT2D eigenvalue weighted by atomic mass is 9.63. The van der Waals surface area contributed by atoms with Gasteiger partial charge in [-0.2, -0.15) is 0 Å². The molecule has 0 aliphatic heterocycles. The van der Waals surface area contributed by atoms with Crippen LogP contribution in [-0.4, -0.2) is 22.3 Å². The van der Waals surface area contributed by atoms with Gasteiger partial charge >= 0.3 is 5.97 Å². The first-order valence-electron chi connectivity index (χ1n) is 4.77. The van der Waals surface area contributed by atoms with Gasteiger partial charge in [-0.25, -0.2) is 0 Å². The average molecular weight is 186 g/mol. The topological polar surface area (TPSA) is 57.5 Å². The largest absolute Gasteiger partial charge is 0.481 e. The summed E-state index contributed by atoms with van der Waals surface area (Å²) in [7, 11) is 0. The van der Waals surface area contributed by atoms with Crippen LogP contribution in [0.1, 0.15) is 33.6 Å². The van der Waals surface area contributed by atoms with E-state index in [1.165, 1.54) is 0 Å². The number of carboxylic acids is 1. The van der Waals surface area contributed by atoms with E-state index in [0.717, 1.165) is 12.8 Å². The Morgan fingerprint density at radius 1 is 1.46 bits per heavy atom. The highest BCUT2D eigenvalue weighted by Gasteiger charge is 2.45. The first-order valence-corrected chi connectivity index (χ1v) is 4.77. The molecule has 3 atom stereocenters. The number of hydrogen-bond acceptors (Lipinski definition) is 2. The van der Waals surface area contributed by atoms with Crippen molar-refractivity contribution < 1.29 is 15.0 Å². The minimum absolute atomic E-state index is 0.138. The third kappa shape index (κ3) is 1.85. The number of aliphatic hydroxyl groups excluding tert-OH is 1. The molecule has 1 aliphatic rings. The van der Waals surface area contributed by atoms with E-state index in [9.17, 15) is 9.90 Å². The highest BCUT2D eigenvalue weighted by molar-refractivity contribution is 5.71. The summed E-state index contributed by atoms with van der Waals surface area (Å²) in [6, 6.07) is 0. The van der Waals surface area contributed by atoms with E-state index in [4.69, 9.17) is 5.11 Å². The summed E-state index contributed by atoms with van der Waals surface area (Å²) in [5.74, 6) is -1.34. The van der Waals surface area contributed by atoms with Crippen LogP contribution < -0.4 is 0 Å². The highest BCUT2D eigenvalue weighted by Crippen LogP contribution is 2.43. The van der Waals surface area contributed by atoms with Crippen molar-refractivity contribution in [3.8, 4) is 0 Å². The SMILES string of the molecule is C[C@@H]1C(O)CCC(C)(C)[C@H]1C(=O)O. The van der Waals surface area contributed by atoms with E-state index in [1.807, 2.05) is 20.8 Å². The van der Waals surface area contributed by atoms with E-state index >= 15 is 0 Å². The fraction of sp³-hybridized carbons (Fsp3) is 0.900.